The average Bonchev–Trinajstić information content (AvgIpc) is 2.32. The van der Waals surface area contributed by atoms with Crippen LogP contribution in [0, 0.1) is 5.92 Å². The molecule has 2 heterocycles. The van der Waals surface area contributed by atoms with Gasteiger partial charge in [-0.2, -0.15) is 0 Å². The fourth-order valence-corrected chi connectivity index (χ4v) is 3.87. The largest absolute Gasteiger partial charge is 0.467 e. The Hall–Kier alpha value is -1.29. The molecule has 3 rings (SSSR count). The van der Waals surface area contributed by atoms with E-state index in [4.69, 9.17) is 17.0 Å². The molecular formula is C15H20N2OS. The zero-order valence-electron chi connectivity index (χ0n) is 11.8. The van der Waals surface area contributed by atoms with Crippen molar-refractivity contribution < 1.29 is 4.74 Å². The van der Waals surface area contributed by atoms with Gasteiger partial charge in [0, 0.05) is 17.5 Å². The summed E-state index contributed by atoms with van der Waals surface area (Å²) in [6.07, 6.45) is 0. The molecule has 1 fully saturated rings. The lowest BCUT2D eigenvalue weighted by atomic mass is 9.80. The molecule has 0 saturated carbocycles. The van der Waals surface area contributed by atoms with Crippen LogP contribution in [0.2, 0.25) is 0 Å². The molecule has 3 atom stereocenters. The van der Waals surface area contributed by atoms with Gasteiger partial charge in [-0.15, -0.1) is 0 Å². The third kappa shape index (κ3) is 1.66. The minimum Gasteiger partial charge on any atom is -0.467 e. The van der Waals surface area contributed by atoms with Crippen LogP contribution in [-0.2, 0) is 0 Å². The Labute approximate surface area is 119 Å². The van der Waals surface area contributed by atoms with E-state index in [1.807, 2.05) is 12.1 Å². The number of ether oxygens (including phenoxy) is 1. The van der Waals surface area contributed by atoms with Gasteiger partial charge >= 0.3 is 0 Å². The van der Waals surface area contributed by atoms with E-state index in [2.05, 4.69) is 50.0 Å². The molecule has 0 aliphatic carbocycles. The van der Waals surface area contributed by atoms with Crippen molar-refractivity contribution in [3.8, 4) is 5.75 Å². The van der Waals surface area contributed by atoms with Crippen LogP contribution in [0.1, 0.15) is 39.3 Å². The first-order valence-corrected chi connectivity index (χ1v) is 7.23. The molecule has 4 heteroatoms. The van der Waals surface area contributed by atoms with E-state index in [1.165, 1.54) is 5.56 Å². The van der Waals surface area contributed by atoms with Crippen LogP contribution in [0.25, 0.3) is 0 Å². The summed E-state index contributed by atoms with van der Waals surface area (Å²) in [7, 11) is 0. The first-order valence-electron chi connectivity index (χ1n) is 6.83. The highest BCUT2D eigenvalue weighted by atomic mass is 32.1. The summed E-state index contributed by atoms with van der Waals surface area (Å²) < 4.78 is 6.35. The van der Waals surface area contributed by atoms with Gasteiger partial charge in [0.25, 0.3) is 0 Å². The molecule has 1 N–H and O–H groups in total. The number of benzene rings is 1. The van der Waals surface area contributed by atoms with Crippen molar-refractivity contribution in [3.63, 3.8) is 0 Å². The maximum Gasteiger partial charge on any atom is 0.187 e. The van der Waals surface area contributed by atoms with Crippen LogP contribution < -0.4 is 10.1 Å². The van der Waals surface area contributed by atoms with E-state index in [1.54, 1.807) is 0 Å². The van der Waals surface area contributed by atoms with Gasteiger partial charge in [-0.25, -0.2) is 0 Å². The molecule has 19 heavy (non-hydrogen) atoms. The number of nitrogens with one attached hydrogen (secondary N) is 1. The van der Waals surface area contributed by atoms with Crippen molar-refractivity contribution in [2.24, 2.45) is 5.92 Å². The summed E-state index contributed by atoms with van der Waals surface area (Å²) >= 11 is 5.55. The highest BCUT2D eigenvalue weighted by Crippen LogP contribution is 2.48. The van der Waals surface area contributed by atoms with E-state index in [0.29, 0.717) is 12.0 Å². The number of rotatable bonds is 1. The topological polar surface area (TPSA) is 24.5 Å². The molecule has 2 aliphatic rings. The van der Waals surface area contributed by atoms with Crippen molar-refractivity contribution >= 4 is 17.3 Å². The zero-order valence-corrected chi connectivity index (χ0v) is 12.6. The molecule has 3 unspecified atom stereocenters. The molecule has 1 saturated heterocycles. The van der Waals surface area contributed by atoms with Crippen molar-refractivity contribution in [1.29, 1.82) is 0 Å². The third-order valence-corrected chi connectivity index (χ3v) is 4.72. The van der Waals surface area contributed by atoms with E-state index in [0.717, 1.165) is 10.9 Å². The Bertz CT molecular complexity index is 531. The van der Waals surface area contributed by atoms with E-state index in [-0.39, 0.29) is 11.8 Å². The number of nitrogens with zero attached hydrogens (tertiary/aromatic N) is 1. The average molecular weight is 276 g/mol. The van der Waals surface area contributed by atoms with Crippen LogP contribution >= 0.6 is 12.2 Å². The lowest BCUT2D eigenvalue weighted by molar-refractivity contribution is -0.121. The summed E-state index contributed by atoms with van der Waals surface area (Å²) in [5.74, 6) is 1.30. The van der Waals surface area contributed by atoms with Gasteiger partial charge in [-0.1, -0.05) is 25.1 Å². The second kappa shape index (κ2) is 4.10. The summed E-state index contributed by atoms with van der Waals surface area (Å²) in [6.45, 7) is 8.67. The molecule has 1 aromatic carbocycles. The molecule has 0 spiro atoms. The molecule has 0 aromatic heterocycles. The fraction of sp³-hybridized carbons (Fsp3) is 0.533. The van der Waals surface area contributed by atoms with E-state index in [9.17, 15) is 0 Å². The molecule has 0 radical (unpaired) electrons. The zero-order chi connectivity index (χ0) is 13.8. The fourth-order valence-electron chi connectivity index (χ4n) is 3.35. The van der Waals surface area contributed by atoms with Crippen molar-refractivity contribution in [2.45, 2.75) is 45.5 Å². The van der Waals surface area contributed by atoms with Gasteiger partial charge < -0.3 is 15.0 Å². The molecule has 2 aliphatic heterocycles. The molecule has 102 valence electrons. The molecule has 0 amide bonds. The third-order valence-electron chi connectivity index (χ3n) is 4.41. The van der Waals surface area contributed by atoms with Crippen molar-refractivity contribution in [3.05, 3.63) is 29.8 Å². The number of hydrogen-bond donors (Lipinski definition) is 1. The normalized spacial score (nSPS) is 32.7. The second-order valence-electron chi connectivity index (χ2n) is 5.87. The maximum atomic E-state index is 6.35. The summed E-state index contributed by atoms with van der Waals surface area (Å²) in [6, 6.07) is 8.77. The van der Waals surface area contributed by atoms with Gasteiger partial charge in [0.1, 0.15) is 5.75 Å². The summed E-state index contributed by atoms with van der Waals surface area (Å²) in [4.78, 5) is 2.18. The van der Waals surface area contributed by atoms with Gasteiger partial charge in [0.05, 0.1) is 6.04 Å². The second-order valence-corrected chi connectivity index (χ2v) is 6.26. The Morgan fingerprint density at radius 3 is 2.74 bits per heavy atom. The lowest BCUT2D eigenvalue weighted by Gasteiger charge is -2.57. The van der Waals surface area contributed by atoms with Gasteiger partial charge in [-0.05, 0) is 39.1 Å². The Kier molecular flexibility index (Phi) is 2.75. The smallest absolute Gasteiger partial charge is 0.187 e. The predicted octanol–water partition coefficient (Wildman–Crippen LogP) is 3.07. The summed E-state index contributed by atoms with van der Waals surface area (Å²) in [5, 5.41) is 4.27. The molecule has 2 bridgehead atoms. The number of fused-ring (bicyclic) bond motifs is 4. The number of hydrogen-bond acceptors (Lipinski definition) is 2. The first kappa shape index (κ1) is 12.7. The lowest BCUT2D eigenvalue weighted by Crippen LogP contribution is -2.70. The monoisotopic (exact) mass is 276 g/mol. The Balaban J connectivity index is 2.14. The van der Waals surface area contributed by atoms with Crippen LogP contribution in [0.15, 0.2) is 24.3 Å². The van der Waals surface area contributed by atoms with Gasteiger partial charge in [-0.3, -0.25) is 0 Å². The highest BCUT2D eigenvalue weighted by Gasteiger charge is 2.53. The van der Waals surface area contributed by atoms with Crippen LogP contribution in [-0.4, -0.2) is 21.8 Å². The molecule has 3 nitrogen and oxygen atoms in total. The van der Waals surface area contributed by atoms with Crippen LogP contribution in [0.4, 0.5) is 0 Å². The quantitative estimate of drug-likeness (QED) is 0.797. The summed E-state index contributed by atoms with van der Waals surface area (Å²) in [5.41, 5.74) is 0.827. The van der Waals surface area contributed by atoms with E-state index < -0.39 is 0 Å². The first-order chi connectivity index (χ1) is 8.95. The van der Waals surface area contributed by atoms with E-state index >= 15 is 0 Å². The van der Waals surface area contributed by atoms with Crippen molar-refractivity contribution in [1.82, 2.24) is 10.2 Å². The predicted molar refractivity (Wildman–Crippen MR) is 80.1 cm³/mol. The molecule has 1 aromatic rings. The SMILES string of the molecule is CC(C)N1C(=S)NC2c3ccccc3OC1(C)C2C. The minimum absolute atomic E-state index is 0.234. The van der Waals surface area contributed by atoms with Crippen LogP contribution in [0.5, 0.6) is 5.75 Å². The van der Waals surface area contributed by atoms with Crippen LogP contribution in [0.3, 0.4) is 0 Å². The highest BCUT2D eigenvalue weighted by molar-refractivity contribution is 7.80. The van der Waals surface area contributed by atoms with Gasteiger partial charge in [0.2, 0.25) is 0 Å². The number of thiocarbonyl (C=S) groups is 1. The van der Waals surface area contributed by atoms with Gasteiger partial charge in [0.15, 0.2) is 10.8 Å². The molecular weight excluding hydrogens is 256 g/mol. The van der Waals surface area contributed by atoms with Crippen molar-refractivity contribution in [2.75, 3.05) is 0 Å². The minimum atomic E-state index is -0.379. The Morgan fingerprint density at radius 2 is 2.05 bits per heavy atom. The standard InChI is InChI=1S/C15H20N2OS/c1-9(2)17-14(19)16-13-10(3)15(17,4)18-12-8-6-5-7-11(12)13/h5-10,13H,1-4H3,(H,16,19). The maximum absolute atomic E-state index is 6.35. The Morgan fingerprint density at radius 1 is 1.37 bits per heavy atom. The number of para-hydroxylation sites is 1.